The number of hydrogen-bond acceptors (Lipinski definition) is 6. The molecule has 102 valence electrons. The molecule has 17 heavy (non-hydrogen) atoms. The number of aliphatic carboxylic acids is 3. The van der Waals surface area contributed by atoms with Crippen molar-refractivity contribution in [2.24, 2.45) is 17.2 Å². The van der Waals surface area contributed by atoms with Crippen molar-refractivity contribution in [3.05, 3.63) is 0 Å². The van der Waals surface area contributed by atoms with Crippen LogP contribution in [0.4, 0.5) is 0 Å². The van der Waals surface area contributed by atoms with E-state index in [0.717, 1.165) is 0 Å². The van der Waals surface area contributed by atoms with E-state index in [1.54, 1.807) is 0 Å². The zero-order chi connectivity index (χ0) is 14.6. The fourth-order valence-corrected chi connectivity index (χ4v) is 0. The van der Waals surface area contributed by atoms with Gasteiger partial charge in [-0.15, -0.1) is 0 Å². The van der Waals surface area contributed by atoms with Crippen LogP contribution in [0.25, 0.3) is 0 Å². The highest BCUT2D eigenvalue weighted by atomic mass is 16.4. The van der Waals surface area contributed by atoms with Crippen LogP contribution in [0.2, 0.25) is 0 Å². The summed E-state index contributed by atoms with van der Waals surface area (Å²) in [6.45, 7) is 2.56. The second-order valence-corrected chi connectivity index (χ2v) is 2.85. The van der Waals surface area contributed by atoms with Crippen molar-refractivity contribution in [3.63, 3.8) is 0 Å². The van der Waals surface area contributed by atoms with Crippen LogP contribution in [0.5, 0.6) is 0 Å². The SMILES string of the molecule is CC(N)C(=O)O.CC(N)C(=O)O.NCC(=O)O. The molecule has 0 aliphatic carbocycles. The highest BCUT2D eigenvalue weighted by molar-refractivity contribution is 5.72. The van der Waals surface area contributed by atoms with Crippen molar-refractivity contribution in [1.82, 2.24) is 0 Å². The van der Waals surface area contributed by atoms with Gasteiger partial charge in [0.05, 0.1) is 6.54 Å². The summed E-state index contributed by atoms with van der Waals surface area (Å²) in [7, 11) is 0. The minimum Gasteiger partial charge on any atom is -0.480 e. The van der Waals surface area contributed by atoms with Gasteiger partial charge in [0, 0.05) is 0 Å². The summed E-state index contributed by atoms with van der Waals surface area (Å²) in [5, 5.41) is 23.3. The lowest BCUT2D eigenvalue weighted by atomic mass is 10.4. The highest BCUT2D eigenvalue weighted by Crippen LogP contribution is 1.68. The van der Waals surface area contributed by atoms with E-state index in [2.05, 4.69) is 5.73 Å². The van der Waals surface area contributed by atoms with Gasteiger partial charge < -0.3 is 32.5 Å². The highest BCUT2D eigenvalue weighted by Gasteiger charge is 2.00. The van der Waals surface area contributed by atoms with Crippen molar-refractivity contribution in [3.8, 4) is 0 Å². The zero-order valence-corrected chi connectivity index (χ0v) is 9.66. The number of carbonyl (C=O) groups is 3. The summed E-state index contributed by atoms with van der Waals surface area (Å²) in [6.07, 6.45) is 0. The zero-order valence-electron chi connectivity index (χ0n) is 9.66. The van der Waals surface area contributed by atoms with Crippen LogP contribution in [-0.4, -0.2) is 51.9 Å². The van der Waals surface area contributed by atoms with E-state index in [1.165, 1.54) is 13.8 Å². The molecule has 0 saturated carbocycles. The first-order valence-corrected chi connectivity index (χ1v) is 4.44. The van der Waals surface area contributed by atoms with Gasteiger partial charge in [-0.25, -0.2) is 0 Å². The summed E-state index contributed by atoms with van der Waals surface area (Å²) < 4.78 is 0. The Labute approximate surface area is 98.2 Å². The minimum atomic E-state index is -0.968. The normalized spacial score (nSPS) is 11.8. The van der Waals surface area contributed by atoms with E-state index in [-0.39, 0.29) is 6.54 Å². The van der Waals surface area contributed by atoms with Crippen molar-refractivity contribution >= 4 is 17.9 Å². The Kier molecular flexibility index (Phi) is 15.0. The number of rotatable bonds is 3. The quantitative estimate of drug-likeness (QED) is 0.326. The summed E-state index contributed by atoms with van der Waals surface area (Å²) in [6, 6.07) is -1.46. The van der Waals surface area contributed by atoms with E-state index in [0.29, 0.717) is 0 Å². The molecular formula is C8H19N3O6. The first kappa shape index (κ1) is 20.7. The Bertz CT molecular complexity index is 223. The van der Waals surface area contributed by atoms with Crippen LogP contribution in [-0.2, 0) is 14.4 Å². The molecule has 0 amide bonds. The van der Waals surface area contributed by atoms with Gasteiger partial charge in [-0.3, -0.25) is 14.4 Å². The first-order valence-electron chi connectivity index (χ1n) is 4.44. The standard InChI is InChI=1S/2C3H7NO2.C2H5NO2/c2*1-2(4)3(5)6;3-1-2(4)5/h2*2H,4H2,1H3,(H,5,6);1,3H2,(H,4,5). The third-order valence-electron chi connectivity index (χ3n) is 0.954. The topological polar surface area (TPSA) is 190 Å². The molecule has 9 N–H and O–H groups in total. The summed E-state index contributed by atoms with van der Waals surface area (Å²) in [5.74, 6) is -2.89. The molecule has 9 heteroatoms. The predicted molar refractivity (Wildman–Crippen MR) is 59.3 cm³/mol. The molecule has 2 atom stereocenters. The van der Waals surface area contributed by atoms with Crippen molar-refractivity contribution in [2.75, 3.05) is 6.54 Å². The lowest BCUT2D eigenvalue weighted by Crippen LogP contribution is -2.25. The smallest absolute Gasteiger partial charge is 0.320 e. The van der Waals surface area contributed by atoms with Crippen molar-refractivity contribution in [2.45, 2.75) is 25.9 Å². The fourth-order valence-electron chi connectivity index (χ4n) is 0. The minimum absolute atomic E-state index is 0.278. The fraction of sp³-hybridized carbons (Fsp3) is 0.625. The number of hydrogen-bond donors (Lipinski definition) is 6. The molecule has 0 rings (SSSR count). The Hall–Kier alpha value is -1.71. The molecule has 0 heterocycles. The number of nitrogens with two attached hydrogens (primary N) is 3. The maximum atomic E-state index is 9.57. The average molecular weight is 253 g/mol. The third-order valence-corrected chi connectivity index (χ3v) is 0.954. The molecule has 0 aromatic rings. The van der Waals surface area contributed by atoms with Crippen LogP contribution in [0, 0.1) is 0 Å². The predicted octanol–water partition coefficient (Wildman–Crippen LogP) is -2.13. The molecule has 0 aromatic heterocycles. The molecule has 0 spiro atoms. The average Bonchev–Trinajstić information content (AvgIpc) is 2.19. The summed E-state index contributed by atoms with van der Waals surface area (Å²) in [4.78, 5) is 28.4. The Morgan fingerprint density at radius 2 is 1.06 bits per heavy atom. The van der Waals surface area contributed by atoms with Crippen molar-refractivity contribution in [1.29, 1.82) is 0 Å². The monoisotopic (exact) mass is 253 g/mol. The van der Waals surface area contributed by atoms with E-state index >= 15 is 0 Å². The second-order valence-electron chi connectivity index (χ2n) is 2.85. The van der Waals surface area contributed by atoms with Crippen LogP contribution in [0.15, 0.2) is 0 Å². The Balaban J connectivity index is -0.000000174. The molecule has 0 aliphatic rings. The van der Waals surface area contributed by atoms with Gasteiger partial charge in [0.1, 0.15) is 12.1 Å². The first-order chi connectivity index (χ1) is 7.56. The molecule has 2 unspecified atom stereocenters. The molecule has 0 radical (unpaired) electrons. The van der Waals surface area contributed by atoms with Gasteiger partial charge in [0.25, 0.3) is 0 Å². The number of carboxylic acid groups (broad SMARTS) is 3. The Morgan fingerprint density at radius 1 is 0.941 bits per heavy atom. The maximum Gasteiger partial charge on any atom is 0.320 e. The maximum absolute atomic E-state index is 9.57. The second kappa shape index (κ2) is 12.4. The van der Waals surface area contributed by atoms with E-state index in [4.69, 9.17) is 26.8 Å². The van der Waals surface area contributed by atoms with Crippen LogP contribution in [0.1, 0.15) is 13.8 Å². The van der Waals surface area contributed by atoms with Gasteiger partial charge in [0.15, 0.2) is 0 Å². The molecule has 0 bridgehead atoms. The van der Waals surface area contributed by atoms with E-state index < -0.39 is 30.0 Å². The molecule has 0 aromatic carbocycles. The molecule has 0 fully saturated rings. The van der Waals surface area contributed by atoms with Crippen molar-refractivity contribution < 1.29 is 29.7 Å². The van der Waals surface area contributed by atoms with Crippen LogP contribution in [0.3, 0.4) is 0 Å². The van der Waals surface area contributed by atoms with Crippen LogP contribution >= 0.6 is 0 Å². The molecule has 0 saturated heterocycles. The lowest BCUT2D eigenvalue weighted by Gasteiger charge is -1.90. The van der Waals surface area contributed by atoms with Gasteiger partial charge in [0.2, 0.25) is 0 Å². The molecule has 0 aliphatic heterocycles. The molecular weight excluding hydrogens is 234 g/mol. The van der Waals surface area contributed by atoms with Gasteiger partial charge in [-0.1, -0.05) is 0 Å². The summed E-state index contributed by atoms with van der Waals surface area (Å²) >= 11 is 0. The van der Waals surface area contributed by atoms with E-state index in [1.807, 2.05) is 0 Å². The number of carboxylic acids is 3. The lowest BCUT2D eigenvalue weighted by molar-refractivity contribution is -0.139. The van der Waals surface area contributed by atoms with E-state index in [9.17, 15) is 14.4 Å². The largest absolute Gasteiger partial charge is 0.480 e. The van der Waals surface area contributed by atoms with Crippen LogP contribution < -0.4 is 17.2 Å². The van der Waals surface area contributed by atoms with Gasteiger partial charge in [-0.05, 0) is 13.8 Å². The summed E-state index contributed by atoms with van der Waals surface area (Å²) in [5.41, 5.74) is 14.2. The Morgan fingerprint density at radius 3 is 1.06 bits per heavy atom. The van der Waals surface area contributed by atoms with Gasteiger partial charge >= 0.3 is 17.9 Å². The molecule has 9 nitrogen and oxygen atoms in total. The third kappa shape index (κ3) is 31.4. The van der Waals surface area contributed by atoms with Gasteiger partial charge in [-0.2, -0.15) is 0 Å².